The fourth-order valence-corrected chi connectivity index (χ4v) is 2.46. The number of halogens is 1. The van der Waals surface area contributed by atoms with Gasteiger partial charge in [0.05, 0.1) is 0 Å². The van der Waals surface area contributed by atoms with Crippen LogP contribution in [0.3, 0.4) is 0 Å². The number of fused-ring (bicyclic) bond motifs is 3. The molecule has 2 unspecified atom stereocenters. The van der Waals surface area contributed by atoms with Crippen molar-refractivity contribution in [3.05, 3.63) is 28.2 Å². The van der Waals surface area contributed by atoms with Gasteiger partial charge in [0, 0.05) is 16.5 Å². The number of hydrogen-bond donors (Lipinski definition) is 0. The van der Waals surface area contributed by atoms with Gasteiger partial charge in [-0.2, -0.15) is 0 Å². The smallest absolute Gasteiger partial charge is 0.162 e. The first-order valence-electron chi connectivity index (χ1n) is 4.83. The summed E-state index contributed by atoms with van der Waals surface area (Å²) in [6.45, 7) is 0.205. The van der Waals surface area contributed by atoms with Crippen LogP contribution in [0.15, 0.2) is 22.7 Å². The minimum atomic E-state index is -0.129. The summed E-state index contributed by atoms with van der Waals surface area (Å²) in [6.07, 6.45) is 0.252. The molecule has 2 aliphatic heterocycles. The van der Waals surface area contributed by atoms with Gasteiger partial charge in [-0.1, -0.05) is 15.9 Å². The van der Waals surface area contributed by atoms with Crippen molar-refractivity contribution in [3.8, 4) is 5.75 Å². The molecule has 0 aliphatic carbocycles. The fourth-order valence-electron chi connectivity index (χ4n) is 2.09. The van der Waals surface area contributed by atoms with E-state index in [1.807, 2.05) is 18.2 Å². The summed E-state index contributed by atoms with van der Waals surface area (Å²) in [5, 5.41) is 0. The molecule has 15 heavy (non-hydrogen) atoms. The molecule has 0 saturated carbocycles. The van der Waals surface area contributed by atoms with E-state index < -0.39 is 0 Å². The average Bonchev–Trinajstić information content (AvgIpc) is 2.54. The van der Waals surface area contributed by atoms with Gasteiger partial charge < -0.3 is 9.47 Å². The fraction of sp³-hybridized carbons (Fsp3) is 0.364. The van der Waals surface area contributed by atoms with Gasteiger partial charge in [0.2, 0.25) is 0 Å². The van der Waals surface area contributed by atoms with Crippen LogP contribution in [0.25, 0.3) is 0 Å². The van der Waals surface area contributed by atoms with Crippen molar-refractivity contribution in [3.63, 3.8) is 0 Å². The maximum atomic E-state index is 11.2. The molecule has 3 nitrogen and oxygen atoms in total. The number of ether oxygens (including phenoxy) is 2. The third-order valence-corrected chi connectivity index (χ3v) is 3.24. The quantitative estimate of drug-likeness (QED) is 0.724. The Morgan fingerprint density at radius 3 is 3.13 bits per heavy atom. The lowest BCUT2D eigenvalue weighted by Crippen LogP contribution is -2.32. The average molecular weight is 269 g/mol. The standard InChI is InChI=1S/C11H9BrO3/c12-6-1-2-9-8(3-6)11-10(15-9)4-7(13)5-14-11/h1-3,10-11H,4-5H2. The second-order valence-electron chi connectivity index (χ2n) is 3.81. The summed E-state index contributed by atoms with van der Waals surface area (Å²) in [5.74, 6) is 0.950. The van der Waals surface area contributed by atoms with Crippen molar-refractivity contribution < 1.29 is 14.3 Å². The van der Waals surface area contributed by atoms with Crippen LogP contribution in [0, 0.1) is 0 Å². The van der Waals surface area contributed by atoms with Crippen LogP contribution in [0.1, 0.15) is 18.1 Å². The number of carbonyl (C=O) groups excluding carboxylic acids is 1. The first kappa shape index (κ1) is 9.36. The van der Waals surface area contributed by atoms with E-state index >= 15 is 0 Å². The Labute approximate surface area is 95.5 Å². The van der Waals surface area contributed by atoms with Gasteiger partial charge in [0.15, 0.2) is 5.78 Å². The molecule has 1 aromatic carbocycles. The molecule has 2 heterocycles. The second kappa shape index (κ2) is 3.32. The SMILES string of the molecule is O=C1COC2c3cc(Br)ccc3OC2C1. The van der Waals surface area contributed by atoms with E-state index in [1.165, 1.54) is 0 Å². The molecule has 0 N–H and O–H groups in total. The summed E-state index contributed by atoms with van der Waals surface area (Å²) in [6, 6.07) is 5.83. The Morgan fingerprint density at radius 1 is 1.40 bits per heavy atom. The predicted molar refractivity (Wildman–Crippen MR) is 56.9 cm³/mol. The highest BCUT2D eigenvalue weighted by atomic mass is 79.9. The third-order valence-electron chi connectivity index (χ3n) is 2.75. The zero-order chi connectivity index (χ0) is 10.4. The van der Waals surface area contributed by atoms with Gasteiger partial charge in [-0.25, -0.2) is 0 Å². The largest absolute Gasteiger partial charge is 0.486 e. The predicted octanol–water partition coefficient (Wildman–Crippen LogP) is 2.24. The van der Waals surface area contributed by atoms with Crippen molar-refractivity contribution >= 4 is 21.7 Å². The van der Waals surface area contributed by atoms with Gasteiger partial charge in [0.25, 0.3) is 0 Å². The molecule has 0 amide bonds. The van der Waals surface area contributed by atoms with Crippen molar-refractivity contribution in [2.75, 3.05) is 6.61 Å². The second-order valence-corrected chi connectivity index (χ2v) is 4.73. The molecule has 78 valence electrons. The van der Waals surface area contributed by atoms with Crippen molar-refractivity contribution in [1.82, 2.24) is 0 Å². The normalized spacial score (nSPS) is 28.2. The number of Topliss-reactive ketones (excluding diaryl/α,β-unsaturated/α-hetero) is 1. The minimum Gasteiger partial charge on any atom is -0.486 e. The maximum Gasteiger partial charge on any atom is 0.162 e. The highest BCUT2D eigenvalue weighted by Gasteiger charge is 2.40. The number of carbonyl (C=O) groups is 1. The van der Waals surface area contributed by atoms with Gasteiger partial charge >= 0.3 is 0 Å². The minimum absolute atomic E-state index is 0.0739. The molecule has 0 aromatic heterocycles. The Morgan fingerprint density at radius 2 is 2.27 bits per heavy atom. The topological polar surface area (TPSA) is 35.5 Å². The van der Waals surface area contributed by atoms with Gasteiger partial charge in [-0.05, 0) is 18.2 Å². The van der Waals surface area contributed by atoms with E-state index in [0.717, 1.165) is 15.8 Å². The van der Waals surface area contributed by atoms with Crippen LogP contribution in [0.4, 0.5) is 0 Å². The van der Waals surface area contributed by atoms with Gasteiger partial charge in [-0.15, -0.1) is 0 Å². The van der Waals surface area contributed by atoms with E-state index in [-0.39, 0.29) is 24.6 Å². The van der Waals surface area contributed by atoms with Crippen molar-refractivity contribution in [1.29, 1.82) is 0 Å². The van der Waals surface area contributed by atoms with Crippen LogP contribution in [-0.4, -0.2) is 18.5 Å². The summed E-state index contributed by atoms with van der Waals surface area (Å²) in [5.41, 5.74) is 1.04. The molecule has 1 saturated heterocycles. The van der Waals surface area contributed by atoms with Crippen LogP contribution in [-0.2, 0) is 9.53 Å². The first-order valence-corrected chi connectivity index (χ1v) is 5.63. The lowest BCUT2D eigenvalue weighted by atomic mass is 10.0. The molecule has 2 atom stereocenters. The Hall–Kier alpha value is -0.870. The van der Waals surface area contributed by atoms with Gasteiger partial charge in [-0.3, -0.25) is 4.79 Å². The third kappa shape index (κ3) is 1.48. The van der Waals surface area contributed by atoms with E-state index in [4.69, 9.17) is 9.47 Å². The highest BCUT2D eigenvalue weighted by Crippen LogP contribution is 2.43. The van der Waals surface area contributed by atoms with E-state index in [2.05, 4.69) is 15.9 Å². The van der Waals surface area contributed by atoms with Crippen LogP contribution in [0.5, 0.6) is 5.75 Å². The van der Waals surface area contributed by atoms with Crippen molar-refractivity contribution in [2.45, 2.75) is 18.6 Å². The zero-order valence-corrected chi connectivity index (χ0v) is 9.49. The van der Waals surface area contributed by atoms with Crippen LogP contribution < -0.4 is 4.74 Å². The molecular weight excluding hydrogens is 260 g/mol. The number of hydrogen-bond acceptors (Lipinski definition) is 3. The van der Waals surface area contributed by atoms with E-state index in [0.29, 0.717) is 6.42 Å². The number of benzene rings is 1. The first-order chi connectivity index (χ1) is 7.24. The molecule has 0 bridgehead atoms. The Bertz CT molecular complexity index is 430. The summed E-state index contributed by atoms with van der Waals surface area (Å²) in [7, 11) is 0. The summed E-state index contributed by atoms with van der Waals surface area (Å²) < 4.78 is 12.2. The monoisotopic (exact) mass is 268 g/mol. The van der Waals surface area contributed by atoms with E-state index in [9.17, 15) is 4.79 Å². The molecule has 2 aliphatic rings. The molecule has 1 aromatic rings. The number of rotatable bonds is 0. The van der Waals surface area contributed by atoms with E-state index in [1.54, 1.807) is 0 Å². The molecular formula is C11H9BrO3. The lowest BCUT2D eigenvalue weighted by molar-refractivity contribution is -0.137. The molecule has 0 radical (unpaired) electrons. The molecule has 0 spiro atoms. The molecule has 4 heteroatoms. The molecule has 3 rings (SSSR count). The molecule has 1 fully saturated rings. The zero-order valence-electron chi connectivity index (χ0n) is 7.90. The highest BCUT2D eigenvalue weighted by molar-refractivity contribution is 9.10. The number of ketones is 1. The maximum absolute atomic E-state index is 11.2. The lowest BCUT2D eigenvalue weighted by Gasteiger charge is -2.23. The van der Waals surface area contributed by atoms with Gasteiger partial charge in [0.1, 0.15) is 24.6 Å². The Balaban J connectivity index is 1.99. The van der Waals surface area contributed by atoms with Crippen LogP contribution >= 0.6 is 15.9 Å². The summed E-state index contributed by atoms with van der Waals surface area (Å²) in [4.78, 5) is 11.2. The summed E-state index contributed by atoms with van der Waals surface area (Å²) >= 11 is 3.42. The van der Waals surface area contributed by atoms with Crippen LogP contribution in [0.2, 0.25) is 0 Å². The Kier molecular flexibility index (Phi) is 2.07. The van der Waals surface area contributed by atoms with Crippen molar-refractivity contribution in [2.24, 2.45) is 0 Å².